The molecule has 0 aliphatic heterocycles. The summed E-state index contributed by atoms with van der Waals surface area (Å²) in [6.45, 7) is 0.620. The fourth-order valence-corrected chi connectivity index (χ4v) is 2.62. The van der Waals surface area contributed by atoms with Gasteiger partial charge in [0, 0.05) is 15.5 Å². The number of nitrogens with one attached hydrogen (secondary N) is 1. The van der Waals surface area contributed by atoms with Crippen LogP contribution in [-0.2, 0) is 6.54 Å². The summed E-state index contributed by atoms with van der Waals surface area (Å²) in [6, 6.07) is 6.22. The minimum atomic E-state index is -0.388. The lowest BCUT2D eigenvalue weighted by atomic mass is 10.2. The second kappa shape index (κ2) is 7.14. The molecule has 0 bridgehead atoms. The van der Waals surface area contributed by atoms with E-state index in [0.29, 0.717) is 11.6 Å². The van der Waals surface area contributed by atoms with Gasteiger partial charge in [-0.15, -0.1) is 11.3 Å². The van der Waals surface area contributed by atoms with Crippen LogP contribution in [0.5, 0.6) is 5.75 Å². The molecular formula is C15H13ClN2O2S. The van der Waals surface area contributed by atoms with Crippen LogP contribution < -0.4 is 11.1 Å². The SMILES string of the molecule is NCC#Cc1ccsc1CNC(=O)c1cc(Cl)ccc1O. The fraction of sp³-hybridized carbons (Fsp3) is 0.133. The van der Waals surface area contributed by atoms with Crippen molar-refractivity contribution in [2.75, 3.05) is 6.54 Å². The van der Waals surface area contributed by atoms with Crippen molar-refractivity contribution >= 4 is 28.8 Å². The number of amides is 1. The van der Waals surface area contributed by atoms with Crippen LogP contribution in [0.3, 0.4) is 0 Å². The summed E-state index contributed by atoms with van der Waals surface area (Å²) in [5.41, 5.74) is 6.34. The van der Waals surface area contributed by atoms with E-state index in [9.17, 15) is 9.90 Å². The average molecular weight is 321 g/mol. The lowest BCUT2D eigenvalue weighted by Crippen LogP contribution is -2.22. The number of phenols is 1. The summed E-state index contributed by atoms with van der Waals surface area (Å²) in [7, 11) is 0. The number of aromatic hydroxyl groups is 1. The number of nitrogens with two attached hydrogens (primary N) is 1. The van der Waals surface area contributed by atoms with E-state index in [1.807, 2.05) is 11.4 Å². The first-order valence-corrected chi connectivity index (χ1v) is 7.39. The molecule has 2 aromatic rings. The Kier molecular flexibility index (Phi) is 5.23. The van der Waals surface area contributed by atoms with Gasteiger partial charge in [0.2, 0.25) is 0 Å². The number of carbonyl (C=O) groups is 1. The van der Waals surface area contributed by atoms with Crippen LogP contribution in [0.25, 0.3) is 0 Å². The molecule has 0 aliphatic carbocycles. The third kappa shape index (κ3) is 3.99. The molecule has 0 unspecified atom stereocenters. The Bertz CT molecular complexity index is 716. The maximum Gasteiger partial charge on any atom is 0.255 e. The van der Waals surface area contributed by atoms with Crippen molar-refractivity contribution in [3.63, 3.8) is 0 Å². The average Bonchev–Trinajstić information content (AvgIpc) is 2.92. The number of hydrogen-bond donors (Lipinski definition) is 3. The van der Waals surface area contributed by atoms with Crippen molar-refractivity contribution in [1.29, 1.82) is 0 Å². The third-order valence-corrected chi connectivity index (χ3v) is 3.84. The van der Waals surface area contributed by atoms with Gasteiger partial charge in [-0.3, -0.25) is 4.79 Å². The molecular weight excluding hydrogens is 308 g/mol. The first kappa shape index (κ1) is 15.4. The summed E-state index contributed by atoms with van der Waals surface area (Å²) in [5, 5.41) is 14.7. The fourth-order valence-electron chi connectivity index (χ4n) is 1.68. The van der Waals surface area contributed by atoms with Gasteiger partial charge in [-0.05, 0) is 29.6 Å². The summed E-state index contributed by atoms with van der Waals surface area (Å²) in [5.74, 6) is 5.24. The molecule has 1 amide bonds. The topological polar surface area (TPSA) is 75.3 Å². The van der Waals surface area contributed by atoms with E-state index in [1.165, 1.54) is 29.5 Å². The lowest BCUT2D eigenvalue weighted by molar-refractivity contribution is 0.0948. The van der Waals surface area contributed by atoms with E-state index in [0.717, 1.165) is 10.4 Å². The van der Waals surface area contributed by atoms with E-state index in [4.69, 9.17) is 17.3 Å². The van der Waals surface area contributed by atoms with Crippen LogP contribution in [0.2, 0.25) is 5.02 Å². The second-order valence-electron chi connectivity index (χ2n) is 4.11. The standard InChI is InChI=1S/C15H13ClN2O2S/c16-11-3-4-13(19)12(8-11)15(20)18-9-14-10(2-1-6-17)5-7-21-14/h3-5,7-8,19H,6,9,17H2,(H,18,20). The van der Waals surface area contributed by atoms with Gasteiger partial charge in [0.25, 0.3) is 5.91 Å². The molecule has 21 heavy (non-hydrogen) atoms. The predicted molar refractivity (Wildman–Crippen MR) is 84.5 cm³/mol. The highest BCUT2D eigenvalue weighted by atomic mass is 35.5. The van der Waals surface area contributed by atoms with Gasteiger partial charge in [0.15, 0.2) is 0 Å². The molecule has 4 nitrogen and oxygen atoms in total. The number of halogens is 1. The Morgan fingerprint density at radius 3 is 3.00 bits per heavy atom. The number of carbonyl (C=O) groups excluding carboxylic acids is 1. The number of phenolic OH excluding ortho intramolecular Hbond substituents is 1. The summed E-state index contributed by atoms with van der Waals surface area (Å²) >= 11 is 7.32. The van der Waals surface area contributed by atoms with Gasteiger partial charge in [-0.25, -0.2) is 0 Å². The molecule has 108 valence electrons. The molecule has 4 N–H and O–H groups in total. The minimum absolute atomic E-state index is 0.105. The number of benzene rings is 1. The van der Waals surface area contributed by atoms with Crippen molar-refractivity contribution in [3.8, 4) is 17.6 Å². The maximum absolute atomic E-state index is 12.1. The maximum atomic E-state index is 12.1. The number of hydrogen-bond acceptors (Lipinski definition) is 4. The molecule has 0 fully saturated rings. The summed E-state index contributed by atoms with van der Waals surface area (Å²) < 4.78 is 0. The van der Waals surface area contributed by atoms with Gasteiger partial charge >= 0.3 is 0 Å². The smallest absolute Gasteiger partial charge is 0.255 e. The predicted octanol–water partition coefficient (Wildman–Crippen LogP) is 2.35. The van der Waals surface area contributed by atoms with Crippen LogP contribution in [0.4, 0.5) is 0 Å². The van der Waals surface area contributed by atoms with E-state index >= 15 is 0 Å². The number of rotatable bonds is 3. The molecule has 0 saturated heterocycles. The molecule has 0 aliphatic rings. The van der Waals surface area contributed by atoms with Crippen LogP contribution in [0, 0.1) is 11.8 Å². The van der Waals surface area contributed by atoms with Crippen molar-refractivity contribution in [2.24, 2.45) is 5.73 Å². The highest BCUT2D eigenvalue weighted by Crippen LogP contribution is 2.22. The Labute approximate surface area is 131 Å². The minimum Gasteiger partial charge on any atom is -0.507 e. The Balaban J connectivity index is 2.08. The first-order valence-electron chi connectivity index (χ1n) is 6.14. The first-order chi connectivity index (χ1) is 10.1. The van der Waals surface area contributed by atoms with E-state index in [2.05, 4.69) is 17.2 Å². The lowest BCUT2D eigenvalue weighted by Gasteiger charge is -2.06. The van der Waals surface area contributed by atoms with E-state index < -0.39 is 0 Å². The zero-order valence-corrected chi connectivity index (χ0v) is 12.6. The van der Waals surface area contributed by atoms with Crippen molar-refractivity contribution in [1.82, 2.24) is 5.32 Å². The zero-order valence-electron chi connectivity index (χ0n) is 11.0. The molecule has 1 heterocycles. The molecule has 0 atom stereocenters. The van der Waals surface area contributed by atoms with Gasteiger partial charge in [-0.2, -0.15) is 0 Å². The Morgan fingerprint density at radius 2 is 2.24 bits per heavy atom. The molecule has 0 spiro atoms. The van der Waals surface area contributed by atoms with Crippen molar-refractivity contribution < 1.29 is 9.90 Å². The highest BCUT2D eigenvalue weighted by Gasteiger charge is 2.12. The Hall–Kier alpha value is -2.00. The van der Waals surface area contributed by atoms with E-state index in [1.54, 1.807) is 0 Å². The zero-order chi connectivity index (χ0) is 15.2. The number of thiophene rings is 1. The second-order valence-corrected chi connectivity index (χ2v) is 5.54. The van der Waals surface area contributed by atoms with Gasteiger partial charge in [0.1, 0.15) is 5.75 Å². The van der Waals surface area contributed by atoms with E-state index in [-0.39, 0.29) is 23.8 Å². The monoisotopic (exact) mass is 320 g/mol. The Morgan fingerprint density at radius 1 is 1.43 bits per heavy atom. The third-order valence-electron chi connectivity index (χ3n) is 2.68. The van der Waals surface area contributed by atoms with Crippen LogP contribution >= 0.6 is 22.9 Å². The van der Waals surface area contributed by atoms with Gasteiger partial charge in [0.05, 0.1) is 18.7 Å². The van der Waals surface area contributed by atoms with Crippen molar-refractivity contribution in [3.05, 3.63) is 50.7 Å². The summed E-state index contributed by atoms with van der Waals surface area (Å²) in [6.07, 6.45) is 0. The summed E-state index contributed by atoms with van der Waals surface area (Å²) in [4.78, 5) is 13.0. The largest absolute Gasteiger partial charge is 0.507 e. The molecule has 1 aromatic carbocycles. The molecule has 1 aromatic heterocycles. The highest BCUT2D eigenvalue weighted by molar-refractivity contribution is 7.10. The van der Waals surface area contributed by atoms with Crippen molar-refractivity contribution in [2.45, 2.75) is 6.54 Å². The quantitative estimate of drug-likeness (QED) is 0.760. The molecule has 6 heteroatoms. The normalized spacial score (nSPS) is 9.81. The molecule has 0 radical (unpaired) electrons. The van der Waals surface area contributed by atoms with Crippen LogP contribution in [0.1, 0.15) is 20.8 Å². The van der Waals surface area contributed by atoms with Gasteiger partial charge in [-0.1, -0.05) is 23.4 Å². The van der Waals surface area contributed by atoms with Crippen LogP contribution in [-0.4, -0.2) is 17.6 Å². The molecule has 2 rings (SSSR count). The van der Waals surface area contributed by atoms with Crippen LogP contribution in [0.15, 0.2) is 29.6 Å². The van der Waals surface area contributed by atoms with Gasteiger partial charge < -0.3 is 16.2 Å². The molecule has 0 saturated carbocycles.